The molecule has 0 aromatic heterocycles. The molecule has 0 aliphatic rings. The maximum absolute atomic E-state index is 11.2. The summed E-state index contributed by atoms with van der Waals surface area (Å²) in [5, 5.41) is 2.73. The van der Waals surface area contributed by atoms with Crippen molar-refractivity contribution in [1.82, 2.24) is 0 Å². The molecule has 3 nitrogen and oxygen atoms in total. The Balaban J connectivity index is 2.02. The van der Waals surface area contributed by atoms with E-state index < -0.39 is 0 Å². The SMILES string of the molecule is C=CC(=O)Nc1ccc(N(C)Cc2ccccc2)cc1. The van der Waals surface area contributed by atoms with Gasteiger partial charge in [0.2, 0.25) is 5.91 Å². The number of anilines is 2. The Bertz CT molecular complexity index is 576. The highest BCUT2D eigenvalue weighted by Gasteiger charge is 2.03. The van der Waals surface area contributed by atoms with E-state index in [2.05, 4.69) is 28.9 Å². The zero-order valence-corrected chi connectivity index (χ0v) is 11.5. The van der Waals surface area contributed by atoms with Crippen LogP contribution in [-0.4, -0.2) is 13.0 Å². The quantitative estimate of drug-likeness (QED) is 0.841. The standard InChI is InChI=1S/C17H18N2O/c1-3-17(20)18-15-9-11-16(12-10-15)19(2)13-14-7-5-4-6-8-14/h3-12H,1,13H2,2H3,(H,18,20). The summed E-state index contributed by atoms with van der Waals surface area (Å²) >= 11 is 0. The number of carbonyl (C=O) groups is 1. The number of hydrogen-bond acceptors (Lipinski definition) is 2. The first kappa shape index (κ1) is 13.9. The Labute approximate surface area is 119 Å². The van der Waals surface area contributed by atoms with E-state index in [1.807, 2.05) is 49.5 Å². The number of amides is 1. The molecule has 0 atom stereocenters. The molecule has 0 heterocycles. The average molecular weight is 266 g/mol. The lowest BCUT2D eigenvalue weighted by Gasteiger charge is -2.19. The topological polar surface area (TPSA) is 32.3 Å². The molecule has 1 N–H and O–H groups in total. The van der Waals surface area contributed by atoms with E-state index in [1.54, 1.807) is 0 Å². The third kappa shape index (κ3) is 3.72. The fraction of sp³-hybridized carbons (Fsp3) is 0.118. The molecule has 1 amide bonds. The zero-order chi connectivity index (χ0) is 14.4. The van der Waals surface area contributed by atoms with Gasteiger partial charge in [0.25, 0.3) is 0 Å². The molecular formula is C17H18N2O. The zero-order valence-electron chi connectivity index (χ0n) is 11.5. The molecule has 102 valence electrons. The molecular weight excluding hydrogens is 248 g/mol. The molecule has 2 rings (SSSR count). The second kappa shape index (κ2) is 6.57. The molecule has 0 saturated carbocycles. The Morgan fingerprint density at radius 3 is 2.40 bits per heavy atom. The maximum atomic E-state index is 11.2. The highest BCUT2D eigenvalue weighted by atomic mass is 16.1. The van der Waals surface area contributed by atoms with Gasteiger partial charge in [0, 0.05) is 25.0 Å². The van der Waals surface area contributed by atoms with Gasteiger partial charge in [-0.1, -0.05) is 36.9 Å². The van der Waals surface area contributed by atoms with Gasteiger partial charge >= 0.3 is 0 Å². The van der Waals surface area contributed by atoms with Crippen molar-refractivity contribution in [2.75, 3.05) is 17.3 Å². The van der Waals surface area contributed by atoms with Gasteiger partial charge in [0.1, 0.15) is 0 Å². The first-order valence-electron chi connectivity index (χ1n) is 6.47. The Morgan fingerprint density at radius 1 is 1.15 bits per heavy atom. The summed E-state index contributed by atoms with van der Waals surface area (Å²) in [5.41, 5.74) is 3.14. The summed E-state index contributed by atoms with van der Waals surface area (Å²) in [7, 11) is 2.05. The molecule has 0 unspecified atom stereocenters. The van der Waals surface area contributed by atoms with Crippen molar-refractivity contribution in [1.29, 1.82) is 0 Å². The van der Waals surface area contributed by atoms with Crippen LogP contribution in [0.25, 0.3) is 0 Å². The van der Waals surface area contributed by atoms with Crippen LogP contribution >= 0.6 is 0 Å². The third-order valence-electron chi connectivity index (χ3n) is 3.02. The van der Waals surface area contributed by atoms with Crippen LogP contribution in [0.2, 0.25) is 0 Å². The lowest BCUT2D eigenvalue weighted by Crippen LogP contribution is -2.16. The Kier molecular flexibility index (Phi) is 4.56. The molecule has 2 aromatic rings. The van der Waals surface area contributed by atoms with E-state index >= 15 is 0 Å². The summed E-state index contributed by atoms with van der Waals surface area (Å²) in [6, 6.07) is 18.1. The summed E-state index contributed by atoms with van der Waals surface area (Å²) in [5.74, 6) is -0.199. The first-order valence-corrected chi connectivity index (χ1v) is 6.47. The molecule has 0 saturated heterocycles. The molecule has 0 aliphatic carbocycles. The maximum Gasteiger partial charge on any atom is 0.247 e. The molecule has 3 heteroatoms. The van der Waals surface area contributed by atoms with Crippen molar-refractivity contribution in [2.45, 2.75) is 6.54 Å². The Morgan fingerprint density at radius 2 is 1.80 bits per heavy atom. The fourth-order valence-electron chi connectivity index (χ4n) is 1.94. The largest absolute Gasteiger partial charge is 0.370 e. The van der Waals surface area contributed by atoms with Gasteiger partial charge in [-0.15, -0.1) is 0 Å². The molecule has 2 aromatic carbocycles. The average Bonchev–Trinajstić information content (AvgIpc) is 2.49. The number of benzene rings is 2. The molecule has 0 spiro atoms. The van der Waals surface area contributed by atoms with Gasteiger partial charge in [-0.05, 0) is 35.9 Å². The smallest absolute Gasteiger partial charge is 0.247 e. The van der Waals surface area contributed by atoms with Crippen LogP contribution in [0.3, 0.4) is 0 Å². The van der Waals surface area contributed by atoms with Crippen molar-refractivity contribution in [2.24, 2.45) is 0 Å². The Hall–Kier alpha value is -2.55. The second-order valence-corrected chi connectivity index (χ2v) is 4.58. The van der Waals surface area contributed by atoms with Crippen molar-refractivity contribution < 1.29 is 4.79 Å². The molecule has 20 heavy (non-hydrogen) atoms. The van der Waals surface area contributed by atoms with Gasteiger partial charge in [-0.2, -0.15) is 0 Å². The van der Waals surface area contributed by atoms with Gasteiger partial charge < -0.3 is 10.2 Å². The van der Waals surface area contributed by atoms with Crippen LogP contribution in [0.4, 0.5) is 11.4 Å². The first-order chi connectivity index (χ1) is 9.69. The monoisotopic (exact) mass is 266 g/mol. The lowest BCUT2D eigenvalue weighted by molar-refractivity contribution is -0.111. The number of carbonyl (C=O) groups excluding carboxylic acids is 1. The van der Waals surface area contributed by atoms with E-state index in [9.17, 15) is 4.79 Å². The minimum Gasteiger partial charge on any atom is -0.370 e. The summed E-state index contributed by atoms with van der Waals surface area (Å²) in [6.45, 7) is 4.28. The van der Waals surface area contributed by atoms with Crippen molar-refractivity contribution in [3.05, 3.63) is 72.8 Å². The van der Waals surface area contributed by atoms with Crippen LogP contribution in [0.1, 0.15) is 5.56 Å². The highest BCUT2D eigenvalue weighted by molar-refractivity contribution is 5.98. The van der Waals surface area contributed by atoms with E-state index in [4.69, 9.17) is 0 Å². The molecule has 0 bridgehead atoms. The van der Waals surface area contributed by atoms with Crippen molar-refractivity contribution in [3.8, 4) is 0 Å². The van der Waals surface area contributed by atoms with E-state index in [0.29, 0.717) is 0 Å². The van der Waals surface area contributed by atoms with Gasteiger partial charge in [-0.25, -0.2) is 0 Å². The van der Waals surface area contributed by atoms with Gasteiger partial charge in [0.15, 0.2) is 0 Å². The summed E-state index contributed by atoms with van der Waals surface area (Å²) in [4.78, 5) is 13.4. The van der Waals surface area contributed by atoms with Crippen molar-refractivity contribution >= 4 is 17.3 Å². The predicted octanol–water partition coefficient (Wildman–Crippen LogP) is 3.45. The highest BCUT2D eigenvalue weighted by Crippen LogP contribution is 2.18. The van der Waals surface area contributed by atoms with E-state index in [1.165, 1.54) is 11.6 Å². The van der Waals surface area contributed by atoms with Crippen LogP contribution in [0.15, 0.2) is 67.3 Å². The lowest BCUT2D eigenvalue weighted by atomic mass is 10.2. The van der Waals surface area contributed by atoms with Crippen LogP contribution in [0, 0.1) is 0 Å². The number of hydrogen-bond donors (Lipinski definition) is 1. The van der Waals surface area contributed by atoms with Gasteiger partial charge in [-0.3, -0.25) is 4.79 Å². The molecule has 0 fully saturated rings. The molecule has 0 aliphatic heterocycles. The van der Waals surface area contributed by atoms with Crippen LogP contribution < -0.4 is 10.2 Å². The number of rotatable bonds is 5. The van der Waals surface area contributed by atoms with Crippen LogP contribution in [0.5, 0.6) is 0 Å². The van der Waals surface area contributed by atoms with Crippen LogP contribution in [-0.2, 0) is 11.3 Å². The van der Waals surface area contributed by atoms with Crippen molar-refractivity contribution in [3.63, 3.8) is 0 Å². The fourth-order valence-corrected chi connectivity index (χ4v) is 1.94. The number of nitrogens with zero attached hydrogens (tertiary/aromatic N) is 1. The van der Waals surface area contributed by atoms with E-state index in [0.717, 1.165) is 17.9 Å². The summed E-state index contributed by atoms with van der Waals surface area (Å²) < 4.78 is 0. The predicted molar refractivity (Wildman–Crippen MR) is 83.8 cm³/mol. The minimum atomic E-state index is -0.199. The molecule has 0 radical (unpaired) electrons. The third-order valence-corrected chi connectivity index (χ3v) is 3.02. The second-order valence-electron chi connectivity index (χ2n) is 4.58. The van der Waals surface area contributed by atoms with E-state index in [-0.39, 0.29) is 5.91 Å². The number of nitrogens with one attached hydrogen (secondary N) is 1. The normalized spacial score (nSPS) is 9.85. The van der Waals surface area contributed by atoms with Gasteiger partial charge in [0.05, 0.1) is 0 Å². The minimum absolute atomic E-state index is 0.199. The summed E-state index contributed by atoms with van der Waals surface area (Å²) in [6.07, 6.45) is 1.26.